The first-order valence-electron chi connectivity index (χ1n) is 6.51. The van der Waals surface area contributed by atoms with Crippen LogP contribution in [0.15, 0.2) is 12.7 Å². The van der Waals surface area contributed by atoms with E-state index in [-0.39, 0.29) is 6.61 Å². The van der Waals surface area contributed by atoms with Gasteiger partial charge in [0.25, 0.3) is 0 Å². The van der Waals surface area contributed by atoms with Gasteiger partial charge in [-0.1, -0.05) is 6.92 Å². The monoisotopic (exact) mass is 279 g/mol. The third kappa shape index (κ3) is 1.76. The number of fused-ring (bicyclic) bond motifs is 1. The molecule has 8 nitrogen and oxygen atoms in total. The quantitative estimate of drug-likeness (QED) is 0.713. The average Bonchev–Trinajstić information content (AvgIpc) is 3.01. The van der Waals surface area contributed by atoms with Gasteiger partial charge in [0.05, 0.1) is 19.0 Å². The Labute approximate surface area is 115 Å². The van der Waals surface area contributed by atoms with Crippen LogP contribution < -0.4 is 5.73 Å². The van der Waals surface area contributed by atoms with Crippen LogP contribution in [0.5, 0.6) is 0 Å². The lowest BCUT2D eigenvalue weighted by Gasteiger charge is -2.28. The molecule has 3 unspecified atom stereocenters. The summed E-state index contributed by atoms with van der Waals surface area (Å²) in [5.41, 5.74) is 5.87. The number of aromatic nitrogens is 4. The molecule has 0 amide bonds. The summed E-state index contributed by atoms with van der Waals surface area (Å²) in [6.07, 6.45) is 2.64. The number of aliphatic hydroxyl groups excluding tert-OH is 2. The highest BCUT2D eigenvalue weighted by Crippen LogP contribution is 2.39. The van der Waals surface area contributed by atoms with Crippen molar-refractivity contribution in [1.82, 2.24) is 19.5 Å². The van der Waals surface area contributed by atoms with Gasteiger partial charge in [-0.05, 0) is 6.42 Å². The molecule has 20 heavy (non-hydrogen) atoms. The molecule has 0 bridgehead atoms. The minimum atomic E-state index is -0.931. The summed E-state index contributed by atoms with van der Waals surface area (Å²) in [5.74, 6) is 0.302. The minimum absolute atomic E-state index is 0.231. The summed E-state index contributed by atoms with van der Waals surface area (Å²) < 4.78 is 7.59. The van der Waals surface area contributed by atoms with Crippen molar-refractivity contribution in [2.75, 3.05) is 12.3 Å². The molecule has 8 heteroatoms. The number of ether oxygens (including phenoxy) is 1. The van der Waals surface area contributed by atoms with Crippen molar-refractivity contribution < 1.29 is 14.9 Å². The van der Waals surface area contributed by atoms with Crippen LogP contribution in [0.2, 0.25) is 0 Å². The standard InChI is InChI=1S/C12H17N5O3/c1-2-12(4-18)7(19)3-8(20-12)17-6-16-9-10(13)14-5-15-11(9)17/h5-8,18-19H,2-4H2,1H3,(H2,13,14,15). The molecule has 2 aromatic heterocycles. The van der Waals surface area contributed by atoms with Crippen molar-refractivity contribution in [2.24, 2.45) is 0 Å². The molecule has 0 aromatic carbocycles. The van der Waals surface area contributed by atoms with Gasteiger partial charge in [0, 0.05) is 6.42 Å². The van der Waals surface area contributed by atoms with Crippen LogP contribution in [-0.2, 0) is 4.74 Å². The number of aliphatic hydroxyl groups is 2. The fourth-order valence-corrected chi connectivity index (χ4v) is 2.63. The Morgan fingerprint density at radius 1 is 1.50 bits per heavy atom. The second kappa shape index (κ2) is 4.65. The molecule has 3 heterocycles. The molecule has 3 atom stereocenters. The van der Waals surface area contributed by atoms with Gasteiger partial charge in [-0.15, -0.1) is 0 Å². The zero-order valence-corrected chi connectivity index (χ0v) is 11.1. The molecule has 108 valence electrons. The van der Waals surface area contributed by atoms with Gasteiger partial charge in [-0.25, -0.2) is 15.0 Å². The SMILES string of the molecule is CCC1(CO)OC(n2cnc3c(N)ncnc32)CC1O. The zero-order chi connectivity index (χ0) is 14.3. The third-order valence-electron chi connectivity index (χ3n) is 3.97. The number of rotatable bonds is 3. The summed E-state index contributed by atoms with van der Waals surface area (Å²) in [6, 6.07) is 0. The molecule has 1 aliphatic heterocycles. The van der Waals surface area contributed by atoms with Crippen molar-refractivity contribution >= 4 is 17.0 Å². The molecule has 4 N–H and O–H groups in total. The maximum absolute atomic E-state index is 10.2. The lowest BCUT2D eigenvalue weighted by Crippen LogP contribution is -2.42. The second-order valence-corrected chi connectivity index (χ2v) is 4.98. The fourth-order valence-electron chi connectivity index (χ4n) is 2.63. The number of imidazole rings is 1. The second-order valence-electron chi connectivity index (χ2n) is 4.98. The highest BCUT2D eigenvalue weighted by molar-refractivity contribution is 5.81. The number of hydrogen-bond acceptors (Lipinski definition) is 7. The van der Waals surface area contributed by atoms with E-state index in [1.165, 1.54) is 6.33 Å². The lowest BCUT2D eigenvalue weighted by molar-refractivity contribution is -0.128. The van der Waals surface area contributed by atoms with Crippen LogP contribution >= 0.6 is 0 Å². The average molecular weight is 279 g/mol. The number of nitrogen functional groups attached to an aromatic ring is 1. The summed E-state index contributed by atoms with van der Waals surface area (Å²) in [6.45, 7) is 1.64. The lowest BCUT2D eigenvalue weighted by atomic mass is 9.95. The maximum Gasteiger partial charge on any atom is 0.167 e. The predicted octanol–water partition coefficient (Wildman–Crippen LogP) is -0.171. The van der Waals surface area contributed by atoms with E-state index in [9.17, 15) is 10.2 Å². The van der Waals surface area contributed by atoms with Crippen LogP contribution in [-0.4, -0.2) is 48.0 Å². The molecule has 0 radical (unpaired) electrons. The minimum Gasteiger partial charge on any atom is -0.393 e. The van der Waals surface area contributed by atoms with Crippen molar-refractivity contribution in [3.63, 3.8) is 0 Å². The summed E-state index contributed by atoms with van der Waals surface area (Å²) >= 11 is 0. The van der Waals surface area contributed by atoms with E-state index in [0.717, 1.165) is 0 Å². The molecular weight excluding hydrogens is 262 g/mol. The molecule has 0 spiro atoms. The predicted molar refractivity (Wildman–Crippen MR) is 70.6 cm³/mol. The first-order chi connectivity index (χ1) is 9.61. The van der Waals surface area contributed by atoms with Crippen LogP contribution in [0.3, 0.4) is 0 Å². The smallest absolute Gasteiger partial charge is 0.167 e. The van der Waals surface area contributed by atoms with Crippen molar-refractivity contribution in [3.8, 4) is 0 Å². The fraction of sp³-hybridized carbons (Fsp3) is 0.583. The van der Waals surface area contributed by atoms with Gasteiger partial charge in [0.1, 0.15) is 23.7 Å². The Morgan fingerprint density at radius 3 is 2.95 bits per heavy atom. The molecule has 1 saturated heterocycles. The zero-order valence-electron chi connectivity index (χ0n) is 11.1. The summed E-state index contributed by atoms with van der Waals surface area (Å²) in [7, 11) is 0. The maximum atomic E-state index is 10.2. The van der Waals surface area contributed by atoms with Crippen LogP contribution in [0.4, 0.5) is 5.82 Å². The van der Waals surface area contributed by atoms with Gasteiger partial charge < -0.3 is 20.7 Å². The van der Waals surface area contributed by atoms with Gasteiger partial charge in [0.15, 0.2) is 11.5 Å². The number of nitrogens with two attached hydrogens (primary N) is 1. The largest absolute Gasteiger partial charge is 0.393 e. The molecular formula is C12H17N5O3. The molecule has 2 aromatic rings. The summed E-state index contributed by atoms with van der Waals surface area (Å²) in [5, 5.41) is 19.7. The Bertz CT molecular complexity index is 625. The van der Waals surface area contributed by atoms with E-state index in [1.54, 1.807) is 10.9 Å². The Kier molecular flexibility index (Phi) is 3.08. The van der Waals surface area contributed by atoms with Crippen molar-refractivity contribution in [3.05, 3.63) is 12.7 Å². The summed E-state index contributed by atoms with van der Waals surface area (Å²) in [4.78, 5) is 12.2. The van der Waals surface area contributed by atoms with Crippen LogP contribution in [0.1, 0.15) is 26.0 Å². The topological polar surface area (TPSA) is 119 Å². The normalized spacial score (nSPS) is 30.1. The van der Waals surface area contributed by atoms with E-state index in [2.05, 4.69) is 15.0 Å². The molecule has 0 aliphatic carbocycles. The molecule has 3 rings (SSSR count). The number of nitrogens with zero attached hydrogens (tertiary/aromatic N) is 4. The first kappa shape index (κ1) is 13.2. The number of anilines is 1. The highest BCUT2D eigenvalue weighted by atomic mass is 16.6. The van der Waals surface area contributed by atoms with E-state index in [4.69, 9.17) is 10.5 Å². The van der Waals surface area contributed by atoms with Gasteiger partial charge in [0.2, 0.25) is 0 Å². The van der Waals surface area contributed by atoms with E-state index in [1.807, 2.05) is 6.92 Å². The van der Waals surface area contributed by atoms with E-state index < -0.39 is 17.9 Å². The van der Waals surface area contributed by atoms with E-state index >= 15 is 0 Å². The van der Waals surface area contributed by atoms with Gasteiger partial charge in [-0.3, -0.25) is 4.57 Å². The van der Waals surface area contributed by atoms with Crippen molar-refractivity contribution in [2.45, 2.75) is 37.7 Å². The number of hydrogen-bond donors (Lipinski definition) is 3. The Hall–Kier alpha value is -1.77. The molecule has 1 fully saturated rings. The van der Waals surface area contributed by atoms with E-state index in [0.29, 0.717) is 29.8 Å². The van der Waals surface area contributed by atoms with Crippen molar-refractivity contribution in [1.29, 1.82) is 0 Å². The highest BCUT2D eigenvalue weighted by Gasteiger charge is 2.47. The van der Waals surface area contributed by atoms with Gasteiger partial charge >= 0.3 is 0 Å². The van der Waals surface area contributed by atoms with Crippen LogP contribution in [0.25, 0.3) is 11.2 Å². The molecule has 1 aliphatic rings. The van der Waals surface area contributed by atoms with Gasteiger partial charge in [-0.2, -0.15) is 0 Å². The third-order valence-corrected chi connectivity index (χ3v) is 3.97. The molecule has 0 saturated carbocycles. The Morgan fingerprint density at radius 2 is 2.30 bits per heavy atom. The first-order valence-corrected chi connectivity index (χ1v) is 6.51. The van der Waals surface area contributed by atoms with Crippen LogP contribution in [0, 0.1) is 0 Å². The Balaban J connectivity index is 1.99.